The zero-order valence-corrected chi connectivity index (χ0v) is 42.0. The molecule has 70 heavy (non-hydrogen) atoms. The van der Waals surface area contributed by atoms with E-state index >= 15 is 0 Å². The molecule has 0 radical (unpaired) electrons. The van der Waals surface area contributed by atoms with Crippen LogP contribution in [-0.4, -0.2) is 137 Å². The third-order valence-corrected chi connectivity index (χ3v) is 11.7. The monoisotopic (exact) mass is 1030 g/mol. The summed E-state index contributed by atoms with van der Waals surface area (Å²) >= 11 is 0. The van der Waals surface area contributed by atoms with Gasteiger partial charge >= 0.3 is 27.6 Å². The number of hydrogen-bond acceptors (Lipinski definition) is 16. The average Bonchev–Trinajstić information content (AvgIpc) is 3.31. The van der Waals surface area contributed by atoms with E-state index in [0.29, 0.717) is 25.7 Å². The number of rotatable bonds is 37. The number of ether oxygens (including phenoxy) is 2. The minimum Gasteiger partial charge on any atom is -0.462 e. The minimum absolute atomic E-state index is 0.0125. The molecule has 11 atom stereocenters. The largest absolute Gasteiger partial charge is 0.472 e. The van der Waals surface area contributed by atoms with Crippen LogP contribution in [0.5, 0.6) is 0 Å². The molecule has 0 aromatic heterocycles. The number of carbonyl (C=O) groups excluding carboxylic acids is 2. The molecule has 19 nitrogen and oxygen atoms in total. The van der Waals surface area contributed by atoms with Crippen LogP contribution in [0.25, 0.3) is 0 Å². The topological polar surface area (TPSA) is 317 Å². The van der Waals surface area contributed by atoms with Gasteiger partial charge in [-0.3, -0.25) is 23.2 Å². The van der Waals surface area contributed by atoms with E-state index in [9.17, 15) is 69.1 Å². The zero-order chi connectivity index (χ0) is 52.2. The normalized spacial score (nSPS) is 23.3. The van der Waals surface area contributed by atoms with E-state index in [1.54, 1.807) is 36.5 Å². The van der Waals surface area contributed by atoms with Gasteiger partial charge < -0.3 is 59.9 Å². The molecule has 0 aromatic carbocycles. The van der Waals surface area contributed by atoms with Gasteiger partial charge in [-0.15, -0.1) is 0 Å². The fraction of sp³-hybridized carbons (Fsp3) is 0.592. The van der Waals surface area contributed by atoms with Gasteiger partial charge in [0.25, 0.3) is 0 Å². The average molecular weight is 1030 g/mol. The molecule has 0 aliphatic heterocycles. The van der Waals surface area contributed by atoms with Crippen LogP contribution in [-0.2, 0) is 41.8 Å². The highest BCUT2D eigenvalue weighted by Gasteiger charge is 2.54. The summed E-state index contributed by atoms with van der Waals surface area (Å²) in [7, 11) is -10.8. The molecule has 398 valence electrons. The Labute approximate surface area is 412 Å². The lowest BCUT2D eigenvalue weighted by Gasteiger charge is -2.43. The first-order valence-corrected chi connectivity index (χ1v) is 26.8. The van der Waals surface area contributed by atoms with Crippen LogP contribution >= 0.6 is 15.6 Å². The van der Waals surface area contributed by atoms with E-state index in [-0.39, 0.29) is 25.7 Å². The Hall–Kier alpha value is -3.46. The van der Waals surface area contributed by atoms with Crippen molar-refractivity contribution in [2.45, 2.75) is 171 Å². The van der Waals surface area contributed by atoms with Crippen LogP contribution in [0.4, 0.5) is 0 Å². The SMILES string of the molecule is CC/C=C\C[C@@H](O)/C=C/C=C/C=C\C=C/[C@H](O)[C@@H](O)CCCC(=O)OC[C@H](COP(=O)(O)O[C@H]1C(O)C(O)C(O)[C@@H](OP(=O)(O)O)C1O)OC(=O)CCC/C=C\C/C=C\C/C=C\C/C=C\CCCCC. The van der Waals surface area contributed by atoms with Gasteiger partial charge in [0.15, 0.2) is 6.10 Å². The molecule has 1 aliphatic carbocycles. The number of aliphatic hydroxyl groups excluding tert-OH is 7. The first-order valence-electron chi connectivity index (χ1n) is 23.8. The van der Waals surface area contributed by atoms with Crippen LogP contribution in [0.1, 0.15) is 110 Å². The summed E-state index contributed by atoms with van der Waals surface area (Å²) < 4.78 is 49.1. The smallest absolute Gasteiger partial charge is 0.462 e. The van der Waals surface area contributed by atoms with E-state index in [4.69, 9.17) is 18.5 Å². The third-order valence-electron chi connectivity index (χ3n) is 10.2. The van der Waals surface area contributed by atoms with Crippen LogP contribution in [0.2, 0.25) is 0 Å². The summed E-state index contributed by atoms with van der Waals surface area (Å²) in [6, 6.07) is 0. The second kappa shape index (κ2) is 38.2. The van der Waals surface area contributed by atoms with Crippen molar-refractivity contribution >= 4 is 27.6 Å². The lowest BCUT2D eigenvalue weighted by Crippen LogP contribution is -2.64. The molecule has 0 amide bonds. The van der Waals surface area contributed by atoms with E-state index in [1.165, 1.54) is 31.4 Å². The lowest BCUT2D eigenvalue weighted by atomic mass is 9.85. The van der Waals surface area contributed by atoms with E-state index in [0.717, 1.165) is 25.7 Å². The Kier molecular flexibility index (Phi) is 35.2. The molecule has 0 aromatic rings. The van der Waals surface area contributed by atoms with Crippen LogP contribution in [0.3, 0.4) is 0 Å². The van der Waals surface area contributed by atoms with Gasteiger partial charge in [-0.25, -0.2) is 9.13 Å². The Morgan fingerprint density at radius 3 is 1.71 bits per heavy atom. The van der Waals surface area contributed by atoms with Crippen molar-refractivity contribution in [3.63, 3.8) is 0 Å². The van der Waals surface area contributed by atoms with Crippen LogP contribution in [0, 0.1) is 0 Å². The molecule has 0 spiro atoms. The Balaban J connectivity index is 2.78. The molecule has 0 bridgehead atoms. The molecule has 1 saturated carbocycles. The van der Waals surface area contributed by atoms with Gasteiger partial charge in [-0.2, -0.15) is 0 Å². The number of allylic oxidation sites excluding steroid dienone is 15. The fourth-order valence-corrected chi connectivity index (χ4v) is 7.90. The molecule has 0 heterocycles. The quantitative estimate of drug-likeness (QED) is 0.0115. The lowest BCUT2D eigenvalue weighted by molar-refractivity contribution is -0.216. The van der Waals surface area contributed by atoms with Crippen molar-refractivity contribution in [1.82, 2.24) is 0 Å². The van der Waals surface area contributed by atoms with E-state index in [2.05, 4.69) is 41.8 Å². The van der Waals surface area contributed by atoms with Crippen LogP contribution < -0.4 is 0 Å². The Morgan fingerprint density at radius 1 is 0.586 bits per heavy atom. The number of hydrogen-bond donors (Lipinski definition) is 10. The highest BCUT2D eigenvalue weighted by atomic mass is 31.2. The first kappa shape index (κ1) is 64.6. The predicted octanol–water partition coefficient (Wildman–Crippen LogP) is 5.86. The van der Waals surface area contributed by atoms with Crippen molar-refractivity contribution in [1.29, 1.82) is 0 Å². The van der Waals surface area contributed by atoms with Crippen molar-refractivity contribution in [2.75, 3.05) is 13.2 Å². The highest BCUT2D eigenvalue weighted by Crippen LogP contribution is 2.49. The number of carbonyl (C=O) groups is 2. The molecule has 10 N–H and O–H groups in total. The van der Waals surface area contributed by atoms with Crippen molar-refractivity contribution in [3.05, 3.63) is 109 Å². The summed E-state index contributed by atoms with van der Waals surface area (Å²) in [4.78, 5) is 54.3. The van der Waals surface area contributed by atoms with Gasteiger partial charge in [0.2, 0.25) is 0 Å². The Morgan fingerprint density at radius 2 is 1.13 bits per heavy atom. The highest BCUT2D eigenvalue weighted by molar-refractivity contribution is 7.47. The standard InChI is InChI=1S/C49H78O19P2/c1-3-5-7-8-9-10-11-12-13-14-15-16-17-18-19-24-28-34-43(54)66-39(37-65-70(62,63)68-49-46(57)44(55)45(56)48(47(49)58)67-69(59,60)61)36-64-42(53)35-29-33-41(52)40(51)32-27-23-21-20-22-26-31-38(50)30-25-6-4-2/h6,9-10,12-13,15-16,18-23,25-27,31-32,38-41,44-52,55-58H,3-5,7-8,11,14,17,24,28-30,33-37H2,1-2H3,(H,62,63)(H2,59,60,61)/b10-9-,13-12-,16-15-,19-18-,22-20+,23-21-,25-6-,31-26+,32-27-/t38-,39-,40+,41+,44?,45?,46?,47?,48-,49+/m1/s1. The van der Waals surface area contributed by atoms with Gasteiger partial charge in [0, 0.05) is 12.8 Å². The molecule has 1 fully saturated rings. The molecule has 5 unspecified atom stereocenters. The molecule has 0 saturated heterocycles. The number of phosphoric acid groups is 2. The van der Waals surface area contributed by atoms with Crippen LogP contribution in [0.15, 0.2) is 109 Å². The number of esters is 2. The minimum atomic E-state index is -5.42. The summed E-state index contributed by atoms with van der Waals surface area (Å²) in [5.74, 6) is -1.62. The molecular formula is C49H78O19P2. The van der Waals surface area contributed by atoms with Gasteiger partial charge in [0.05, 0.1) is 24.9 Å². The zero-order valence-electron chi connectivity index (χ0n) is 40.2. The third kappa shape index (κ3) is 31.8. The van der Waals surface area contributed by atoms with Crippen molar-refractivity contribution < 1.29 is 92.2 Å². The molecular weight excluding hydrogens is 954 g/mol. The number of phosphoric ester groups is 2. The van der Waals surface area contributed by atoms with Gasteiger partial charge in [0.1, 0.15) is 43.2 Å². The fourth-order valence-electron chi connectivity index (χ4n) is 6.36. The number of aliphatic hydroxyl groups is 7. The second-order valence-electron chi connectivity index (χ2n) is 16.3. The second-order valence-corrected chi connectivity index (χ2v) is 18.9. The first-order chi connectivity index (χ1) is 33.3. The summed E-state index contributed by atoms with van der Waals surface area (Å²) in [5.41, 5.74) is 0. The molecule has 21 heteroatoms. The van der Waals surface area contributed by atoms with Gasteiger partial charge in [-0.05, 0) is 70.6 Å². The van der Waals surface area contributed by atoms with Gasteiger partial charge in [-0.1, -0.05) is 136 Å². The van der Waals surface area contributed by atoms with E-state index < -0.39 is 102 Å². The summed E-state index contributed by atoms with van der Waals surface area (Å²) in [5, 5.41) is 71.8. The molecule has 1 aliphatic rings. The summed E-state index contributed by atoms with van der Waals surface area (Å²) in [6.07, 6.45) is 24.0. The maximum Gasteiger partial charge on any atom is 0.472 e. The number of unbranched alkanes of at least 4 members (excludes halogenated alkanes) is 4. The maximum absolute atomic E-state index is 13.0. The van der Waals surface area contributed by atoms with E-state index in [1.807, 2.05) is 37.3 Å². The predicted molar refractivity (Wildman–Crippen MR) is 263 cm³/mol. The molecule has 1 rings (SSSR count). The maximum atomic E-state index is 13.0. The Bertz CT molecular complexity index is 1820. The van der Waals surface area contributed by atoms with Crippen molar-refractivity contribution in [2.24, 2.45) is 0 Å². The van der Waals surface area contributed by atoms with Crippen molar-refractivity contribution in [3.8, 4) is 0 Å². The summed E-state index contributed by atoms with van der Waals surface area (Å²) in [6.45, 7) is 2.53.